The van der Waals surface area contributed by atoms with E-state index in [0.717, 1.165) is 30.4 Å². The first kappa shape index (κ1) is 20.1. The Labute approximate surface area is 173 Å². The fourth-order valence-electron chi connectivity index (χ4n) is 4.01. The molecule has 2 N–H and O–H groups in total. The number of carbonyl (C=O) groups excluding carboxylic acids is 1. The highest BCUT2D eigenvalue weighted by Crippen LogP contribution is 2.39. The van der Waals surface area contributed by atoms with Crippen molar-refractivity contribution in [2.24, 2.45) is 0 Å². The molecule has 2 aliphatic heterocycles. The van der Waals surface area contributed by atoms with E-state index in [1.54, 1.807) is 0 Å². The second-order valence-electron chi connectivity index (χ2n) is 7.27. The predicted octanol–water partition coefficient (Wildman–Crippen LogP) is 3.81. The van der Waals surface area contributed by atoms with Gasteiger partial charge in [-0.3, -0.25) is 15.0 Å². The lowest BCUT2D eigenvalue weighted by Gasteiger charge is -2.42. The Morgan fingerprint density at radius 1 is 1.14 bits per heavy atom. The number of benzene rings is 2. The third-order valence-electron chi connectivity index (χ3n) is 5.56. The van der Waals surface area contributed by atoms with E-state index in [0.29, 0.717) is 36.8 Å². The van der Waals surface area contributed by atoms with Crippen LogP contribution >= 0.6 is 11.6 Å². The number of piperazine rings is 1. The van der Waals surface area contributed by atoms with Gasteiger partial charge in [-0.25, -0.2) is 8.78 Å². The van der Waals surface area contributed by atoms with Crippen molar-refractivity contribution in [3.63, 3.8) is 0 Å². The van der Waals surface area contributed by atoms with Crippen molar-refractivity contribution in [3.05, 3.63) is 52.6 Å². The number of rotatable bonds is 3. The van der Waals surface area contributed by atoms with Gasteiger partial charge < -0.3 is 10.2 Å². The molecule has 1 atom stereocenters. The largest absolute Gasteiger partial charge is 0.372 e. The molecule has 2 heterocycles. The molecule has 0 spiro atoms. The lowest BCUT2D eigenvalue weighted by Crippen LogP contribution is -2.53. The van der Waals surface area contributed by atoms with Crippen molar-refractivity contribution in [3.8, 4) is 11.1 Å². The molecule has 0 aliphatic carbocycles. The van der Waals surface area contributed by atoms with Gasteiger partial charge in [0.05, 0.1) is 12.8 Å². The maximum atomic E-state index is 14.3. The third-order valence-corrected chi connectivity index (χ3v) is 5.88. The zero-order chi connectivity index (χ0) is 20.5. The second-order valence-corrected chi connectivity index (χ2v) is 7.68. The van der Waals surface area contributed by atoms with Gasteiger partial charge in [-0.05, 0) is 24.3 Å². The van der Waals surface area contributed by atoms with E-state index in [9.17, 15) is 13.6 Å². The van der Waals surface area contributed by atoms with Crippen LogP contribution in [0.5, 0.6) is 0 Å². The Bertz CT molecular complexity index is 931. The minimum absolute atomic E-state index is 0.0465. The number of hydrogen-bond acceptors (Lipinski definition) is 4. The van der Waals surface area contributed by atoms with E-state index in [4.69, 9.17) is 11.6 Å². The molecular weight excluding hydrogens is 398 g/mol. The number of hydrogen-bond donors (Lipinski definition) is 2. The Kier molecular flexibility index (Phi) is 5.72. The standard InChI is InChI=1S/C21H23ClF2N4O/c1-2-20(29)27-5-7-28(8-6-27)21-16-10-17(22)15(11-19(16)25-12-26-21)14-4-3-13(23)9-18(14)24/h3-4,9-11,21,25-26H,2,5-8,12H2,1H3. The first-order chi connectivity index (χ1) is 14.0. The molecular formula is C21H23ClF2N4O. The Morgan fingerprint density at radius 2 is 1.90 bits per heavy atom. The summed E-state index contributed by atoms with van der Waals surface area (Å²) in [6, 6.07) is 7.14. The predicted molar refractivity (Wildman–Crippen MR) is 110 cm³/mol. The molecule has 1 amide bonds. The molecule has 0 aromatic heterocycles. The summed E-state index contributed by atoms with van der Waals surface area (Å²) < 4.78 is 27.5. The lowest BCUT2D eigenvalue weighted by atomic mass is 9.98. The van der Waals surface area contributed by atoms with Crippen LogP contribution in [0.2, 0.25) is 5.02 Å². The molecule has 0 saturated carbocycles. The fraction of sp³-hybridized carbons (Fsp3) is 0.381. The highest BCUT2D eigenvalue weighted by atomic mass is 35.5. The number of nitrogens with one attached hydrogen (secondary N) is 2. The summed E-state index contributed by atoms with van der Waals surface area (Å²) in [6.07, 6.45) is 0.474. The normalized spacial score (nSPS) is 19.6. The highest BCUT2D eigenvalue weighted by Gasteiger charge is 2.30. The zero-order valence-corrected chi connectivity index (χ0v) is 16.9. The van der Waals surface area contributed by atoms with Gasteiger partial charge in [-0.2, -0.15) is 0 Å². The Balaban J connectivity index is 1.60. The molecule has 2 aromatic rings. The van der Waals surface area contributed by atoms with Crippen molar-refractivity contribution >= 4 is 23.2 Å². The number of fused-ring (bicyclic) bond motifs is 1. The van der Waals surface area contributed by atoms with Crippen molar-refractivity contribution < 1.29 is 13.6 Å². The second kappa shape index (κ2) is 8.26. The average molecular weight is 421 g/mol. The third kappa shape index (κ3) is 3.95. The summed E-state index contributed by atoms with van der Waals surface area (Å²) in [5.41, 5.74) is 2.63. The molecule has 8 heteroatoms. The summed E-state index contributed by atoms with van der Waals surface area (Å²) >= 11 is 6.51. The van der Waals surface area contributed by atoms with Crippen LogP contribution < -0.4 is 10.6 Å². The number of anilines is 1. The van der Waals surface area contributed by atoms with Gasteiger partial charge in [-0.1, -0.05) is 18.5 Å². The number of nitrogens with zero attached hydrogens (tertiary/aromatic N) is 2. The summed E-state index contributed by atoms with van der Waals surface area (Å²) in [6.45, 7) is 5.34. The van der Waals surface area contributed by atoms with Gasteiger partial charge in [0.2, 0.25) is 5.91 Å². The van der Waals surface area contributed by atoms with E-state index in [1.807, 2.05) is 24.0 Å². The van der Waals surface area contributed by atoms with Crippen LogP contribution in [-0.4, -0.2) is 48.6 Å². The topological polar surface area (TPSA) is 47.6 Å². The number of amides is 1. The molecule has 4 rings (SSSR count). The van der Waals surface area contributed by atoms with E-state index in [-0.39, 0.29) is 17.6 Å². The molecule has 1 saturated heterocycles. The monoisotopic (exact) mass is 420 g/mol. The van der Waals surface area contributed by atoms with Crippen molar-refractivity contribution in [1.82, 2.24) is 15.1 Å². The van der Waals surface area contributed by atoms with Crippen LogP contribution in [0, 0.1) is 11.6 Å². The molecule has 1 fully saturated rings. The van der Waals surface area contributed by atoms with Gasteiger partial charge in [0.15, 0.2) is 0 Å². The van der Waals surface area contributed by atoms with Gasteiger partial charge in [0, 0.05) is 66.1 Å². The van der Waals surface area contributed by atoms with Crippen LogP contribution in [0.4, 0.5) is 14.5 Å². The quantitative estimate of drug-likeness (QED) is 0.792. The molecule has 0 bridgehead atoms. The first-order valence-electron chi connectivity index (χ1n) is 9.76. The summed E-state index contributed by atoms with van der Waals surface area (Å²) in [4.78, 5) is 16.1. The smallest absolute Gasteiger partial charge is 0.222 e. The minimum atomic E-state index is -0.644. The van der Waals surface area contributed by atoms with E-state index < -0.39 is 11.6 Å². The molecule has 5 nitrogen and oxygen atoms in total. The van der Waals surface area contributed by atoms with Crippen molar-refractivity contribution in [2.45, 2.75) is 19.5 Å². The number of carbonyl (C=O) groups is 1. The van der Waals surface area contributed by atoms with Gasteiger partial charge in [0.1, 0.15) is 11.6 Å². The molecule has 154 valence electrons. The Morgan fingerprint density at radius 3 is 2.59 bits per heavy atom. The maximum Gasteiger partial charge on any atom is 0.222 e. The fourth-order valence-corrected chi connectivity index (χ4v) is 4.29. The summed E-state index contributed by atoms with van der Waals surface area (Å²) in [5.74, 6) is -1.09. The van der Waals surface area contributed by atoms with Gasteiger partial charge >= 0.3 is 0 Å². The van der Waals surface area contributed by atoms with Crippen LogP contribution in [-0.2, 0) is 4.79 Å². The molecule has 2 aromatic carbocycles. The molecule has 2 aliphatic rings. The van der Waals surface area contributed by atoms with Crippen molar-refractivity contribution in [1.29, 1.82) is 0 Å². The summed E-state index contributed by atoms with van der Waals surface area (Å²) in [5, 5.41) is 7.12. The first-order valence-corrected chi connectivity index (χ1v) is 10.1. The van der Waals surface area contributed by atoms with Crippen LogP contribution in [0.3, 0.4) is 0 Å². The SMILES string of the molecule is CCC(=O)N1CCN(C2NCNc3cc(-c4ccc(F)cc4F)c(Cl)cc32)CC1. The van der Waals surface area contributed by atoms with E-state index in [1.165, 1.54) is 12.1 Å². The van der Waals surface area contributed by atoms with Crippen molar-refractivity contribution in [2.75, 3.05) is 38.2 Å². The molecule has 0 radical (unpaired) electrons. The maximum absolute atomic E-state index is 14.3. The highest BCUT2D eigenvalue weighted by molar-refractivity contribution is 6.33. The minimum Gasteiger partial charge on any atom is -0.372 e. The van der Waals surface area contributed by atoms with E-state index in [2.05, 4.69) is 15.5 Å². The van der Waals surface area contributed by atoms with Crippen LogP contribution in [0.25, 0.3) is 11.1 Å². The Hall–Kier alpha value is -2.22. The number of halogens is 3. The lowest BCUT2D eigenvalue weighted by molar-refractivity contribution is -0.133. The average Bonchev–Trinajstić information content (AvgIpc) is 2.73. The van der Waals surface area contributed by atoms with E-state index >= 15 is 0 Å². The van der Waals surface area contributed by atoms with Crippen LogP contribution in [0.15, 0.2) is 30.3 Å². The van der Waals surface area contributed by atoms with Gasteiger partial charge in [0.25, 0.3) is 0 Å². The zero-order valence-electron chi connectivity index (χ0n) is 16.1. The summed E-state index contributed by atoms with van der Waals surface area (Å²) in [7, 11) is 0. The van der Waals surface area contributed by atoms with Crippen LogP contribution in [0.1, 0.15) is 25.1 Å². The molecule has 29 heavy (non-hydrogen) atoms. The molecule has 1 unspecified atom stereocenters. The van der Waals surface area contributed by atoms with Gasteiger partial charge in [-0.15, -0.1) is 0 Å².